The molecule has 0 saturated heterocycles. The average molecular weight is 304 g/mol. The van der Waals surface area contributed by atoms with Crippen LogP contribution in [-0.4, -0.2) is 23.3 Å². The molecule has 102 valence electrons. The van der Waals surface area contributed by atoms with Crippen LogP contribution in [0.15, 0.2) is 24.5 Å². The molecule has 7 heteroatoms. The zero-order chi connectivity index (χ0) is 13.8. The highest BCUT2D eigenvalue weighted by Gasteiger charge is 2.11. The first-order valence-electron chi connectivity index (χ1n) is 5.53. The van der Waals surface area contributed by atoms with E-state index in [1.54, 1.807) is 19.5 Å². The highest BCUT2D eigenvalue weighted by molar-refractivity contribution is 6.39. The van der Waals surface area contributed by atoms with Crippen LogP contribution in [0.2, 0.25) is 10.0 Å². The quantitative estimate of drug-likeness (QED) is 0.915. The van der Waals surface area contributed by atoms with Gasteiger partial charge in [-0.2, -0.15) is 0 Å². The highest BCUT2D eigenvalue weighted by atomic mass is 35.5. The maximum atomic E-state index is 13.1. The third kappa shape index (κ3) is 3.37. The molecule has 0 amide bonds. The molecule has 0 unspecified atom stereocenters. The Kier molecular flexibility index (Phi) is 4.63. The van der Waals surface area contributed by atoms with Gasteiger partial charge in [0.1, 0.15) is 5.82 Å². The number of hydrogen-bond acceptors (Lipinski definition) is 3. The van der Waals surface area contributed by atoms with Crippen LogP contribution in [0.1, 0.15) is 0 Å². The van der Waals surface area contributed by atoms with Crippen molar-refractivity contribution in [3.8, 4) is 0 Å². The predicted molar refractivity (Wildman–Crippen MR) is 73.8 cm³/mol. The minimum Gasteiger partial charge on any atom is -0.383 e. The number of anilines is 2. The summed E-state index contributed by atoms with van der Waals surface area (Å²) in [5, 5.41) is 3.39. The number of nitrogens with one attached hydrogen (secondary N) is 1. The molecule has 0 bridgehead atoms. The summed E-state index contributed by atoms with van der Waals surface area (Å²) in [6, 6.07) is 2.39. The average Bonchev–Trinajstić information content (AvgIpc) is 2.78. The van der Waals surface area contributed by atoms with Crippen LogP contribution in [0, 0.1) is 5.82 Å². The van der Waals surface area contributed by atoms with Crippen molar-refractivity contribution in [1.29, 1.82) is 0 Å². The molecule has 4 nitrogen and oxygen atoms in total. The number of methoxy groups -OCH3 is 1. The van der Waals surface area contributed by atoms with Gasteiger partial charge in [0.15, 0.2) is 0 Å². The molecule has 2 aromatic rings. The van der Waals surface area contributed by atoms with Gasteiger partial charge in [0, 0.05) is 26.0 Å². The van der Waals surface area contributed by atoms with Crippen LogP contribution in [0.3, 0.4) is 0 Å². The fraction of sp³-hybridized carbons (Fsp3) is 0.250. The fourth-order valence-corrected chi connectivity index (χ4v) is 2.13. The molecule has 0 radical (unpaired) electrons. The summed E-state index contributed by atoms with van der Waals surface area (Å²) in [5.41, 5.74) is 0.426. The van der Waals surface area contributed by atoms with Crippen molar-refractivity contribution in [2.24, 2.45) is 0 Å². The van der Waals surface area contributed by atoms with Gasteiger partial charge in [0.05, 0.1) is 22.3 Å². The van der Waals surface area contributed by atoms with Crippen molar-refractivity contribution in [2.75, 3.05) is 19.0 Å². The van der Waals surface area contributed by atoms with Gasteiger partial charge >= 0.3 is 0 Å². The molecule has 0 spiro atoms. The Morgan fingerprint density at radius 3 is 2.68 bits per heavy atom. The zero-order valence-corrected chi connectivity index (χ0v) is 11.7. The molecule has 0 atom stereocenters. The van der Waals surface area contributed by atoms with Crippen LogP contribution in [0.5, 0.6) is 0 Å². The Balaban J connectivity index is 2.24. The highest BCUT2D eigenvalue weighted by Crippen LogP contribution is 2.33. The zero-order valence-electron chi connectivity index (χ0n) is 10.2. The number of benzene rings is 1. The SMILES string of the molecule is COCCn1ccnc1Nc1c(Cl)cc(F)cc1Cl. The summed E-state index contributed by atoms with van der Waals surface area (Å²) in [4.78, 5) is 4.15. The minimum absolute atomic E-state index is 0.200. The molecule has 0 aliphatic heterocycles. The molecular formula is C12H12Cl2FN3O. The van der Waals surface area contributed by atoms with E-state index in [9.17, 15) is 4.39 Å². The molecule has 1 heterocycles. The first kappa shape index (κ1) is 14.1. The predicted octanol–water partition coefficient (Wildman–Crippen LogP) is 3.72. The second kappa shape index (κ2) is 6.23. The molecule has 19 heavy (non-hydrogen) atoms. The van der Waals surface area contributed by atoms with E-state index in [4.69, 9.17) is 27.9 Å². The fourth-order valence-electron chi connectivity index (χ4n) is 1.58. The maximum absolute atomic E-state index is 13.1. The van der Waals surface area contributed by atoms with Gasteiger partial charge in [-0.15, -0.1) is 0 Å². The van der Waals surface area contributed by atoms with Crippen molar-refractivity contribution in [2.45, 2.75) is 6.54 Å². The van der Waals surface area contributed by atoms with Gasteiger partial charge < -0.3 is 14.6 Å². The van der Waals surface area contributed by atoms with Gasteiger partial charge in [-0.1, -0.05) is 23.2 Å². The Morgan fingerprint density at radius 2 is 2.05 bits per heavy atom. The summed E-state index contributed by atoms with van der Waals surface area (Å²) in [5.74, 6) is 0.0794. The molecule has 1 N–H and O–H groups in total. The number of nitrogens with zero attached hydrogens (tertiary/aromatic N) is 2. The van der Waals surface area contributed by atoms with Crippen LogP contribution in [0.4, 0.5) is 16.0 Å². The normalized spacial score (nSPS) is 10.7. The minimum atomic E-state index is -0.483. The van der Waals surface area contributed by atoms with E-state index in [0.29, 0.717) is 24.8 Å². The maximum Gasteiger partial charge on any atom is 0.207 e. The largest absolute Gasteiger partial charge is 0.383 e. The van der Waals surface area contributed by atoms with E-state index in [0.717, 1.165) is 0 Å². The van der Waals surface area contributed by atoms with Gasteiger partial charge in [0.2, 0.25) is 5.95 Å². The topological polar surface area (TPSA) is 39.1 Å². The second-order valence-corrected chi connectivity index (χ2v) is 4.62. The van der Waals surface area contributed by atoms with Crippen molar-refractivity contribution in [3.05, 3.63) is 40.4 Å². The molecule has 0 saturated carbocycles. The van der Waals surface area contributed by atoms with Gasteiger partial charge in [-0.05, 0) is 12.1 Å². The van der Waals surface area contributed by atoms with Crippen LogP contribution >= 0.6 is 23.2 Å². The molecule has 1 aromatic heterocycles. The standard InChI is InChI=1S/C12H12Cl2FN3O/c1-19-5-4-18-3-2-16-12(18)17-11-9(13)6-8(15)7-10(11)14/h2-3,6-7H,4-5H2,1H3,(H,16,17). The Labute approximate surface area is 120 Å². The Morgan fingerprint density at radius 1 is 1.37 bits per heavy atom. The number of imidazole rings is 1. The van der Waals surface area contributed by atoms with E-state index >= 15 is 0 Å². The lowest BCUT2D eigenvalue weighted by Crippen LogP contribution is -2.07. The number of aromatic nitrogens is 2. The van der Waals surface area contributed by atoms with Crippen molar-refractivity contribution in [3.63, 3.8) is 0 Å². The summed E-state index contributed by atoms with van der Waals surface area (Å²) in [6.07, 6.45) is 3.44. The number of hydrogen-bond donors (Lipinski definition) is 1. The third-order valence-corrected chi connectivity index (χ3v) is 3.09. The summed E-state index contributed by atoms with van der Waals surface area (Å²) >= 11 is 11.9. The lowest BCUT2D eigenvalue weighted by Gasteiger charge is -2.12. The molecule has 0 aliphatic rings. The van der Waals surface area contributed by atoms with E-state index in [-0.39, 0.29) is 10.0 Å². The van der Waals surface area contributed by atoms with Crippen LogP contribution < -0.4 is 5.32 Å². The van der Waals surface area contributed by atoms with E-state index < -0.39 is 5.82 Å². The van der Waals surface area contributed by atoms with E-state index in [1.807, 2.05) is 4.57 Å². The molecule has 0 fully saturated rings. The second-order valence-electron chi connectivity index (χ2n) is 3.81. The first-order chi connectivity index (χ1) is 9.11. The lowest BCUT2D eigenvalue weighted by atomic mass is 10.3. The van der Waals surface area contributed by atoms with Crippen molar-refractivity contribution < 1.29 is 9.13 Å². The van der Waals surface area contributed by atoms with E-state index in [1.165, 1.54) is 12.1 Å². The van der Waals surface area contributed by atoms with Crippen LogP contribution in [0.25, 0.3) is 0 Å². The van der Waals surface area contributed by atoms with Gasteiger partial charge in [-0.25, -0.2) is 9.37 Å². The summed E-state index contributed by atoms with van der Waals surface area (Å²) in [7, 11) is 1.62. The summed E-state index contributed by atoms with van der Waals surface area (Å²) < 4.78 is 20.0. The van der Waals surface area contributed by atoms with Gasteiger partial charge in [0.25, 0.3) is 0 Å². The Hall–Kier alpha value is -1.30. The molecule has 1 aromatic carbocycles. The number of ether oxygens (including phenoxy) is 1. The smallest absolute Gasteiger partial charge is 0.207 e. The van der Waals surface area contributed by atoms with Crippen molar-refractivity contribution in [1.82, 2.24) is 9.55 Å². The monoisotopic (exact) mass is 303 g/mol. The Bertz CT molecular complexity index is 551. The molecular weight excluding hydrogens is 292 g/mol. The van der Waals surface area contributed by atoms with Crippen LogP contribution in [-0.2, 0) is 11.3 Å². The van der Waals surface area contributed by atoms with Crippen molar-refractivity contribution >= 4 is 34.8 Å². The van der Waals surface area contributed by atoms with Gasteiger partial charge in [-0.3, -0.25) is 0 Å². The lowest BCUT2D eigenvalue weighted by molar-refractivity contribution is 0.188. The number of halogens is 3. The van der Waals surface area contributed by atoms with E-state index in [2.05, 4.69) is 10.3 Å². The summed E-state index contributed by atoms with van der Waals surface area (Å²) in [6.45, 7) is 1.19. The molecule has 2 rings (SSSR count). The molecule has 0 aliphatic carbocycles. The first-order valence-corrected chi connectivity index (χ1v) is 6.29. The number of rotatable bonds is 5. The third-order valence-electron chi connectivity index (χ3n) is 2.50.